The first-order valence-corrected chi connectivity index (χ1v) is 8.44. The van der Waals surface area contributed by atoms with Gasteiger partial charge in [0.2, 0.25) is 5.65 Å². The molecule has 7 nitrogen and oxygen atoms in total. The van der Waals surface area contributed by atoms with Crippen LogP contribution in [0.5, 0.6) is 0 Å². The Morgan fingerprint density at radius 3 is 2.88 bits per heavy atom. The molecule has 128 valence electrons. The summed E-state index contributed by atoms with van der Waals surface area (Å²) in [5.41, 5.74) is 3.00. The molecule has 1 aliphatic rings. The SMILES string of the molecule is C[C@@H]1CN(Cc2ccccc2)CCN1C(=O)c1cnc2n[nH]nc2c1. The lowest BCUT2D eigenvalue weighted by Gasteiger charge is -2.40. The van der Waals surface area contributed by atoms with Crippen molar-refractivity contribution in [2.24, 2.45) is 0 Å². The third kappa shape index (κ3) is 3.23. The second kappa shape index (κ2) is 6.60. The minimum atomic E-state index is 0.00395. The number of aromatic amines is 1. The van der Waals surface area contributed by atoms with Crippen molar-refractivity contribution in [1.29, 1.82) is 0 Å². The normalized spacial score (nSPS) is 18.6. The maximum absolute atomic E-state index is 12.8. The topological polar surface area (TPSA) is 78.0 Å². The smallest absolute Gasteiger partial charge is 0.255 e. The van der Waals surface area contributed by atoms with E-state index in [0.717, 1.165) is 19.6 Å². The van der Waals surface area contributed by atoms with Crippen LogP contribution in [0, 0.1) is 0 Å². The predicted molar refractivity (Wildman–Crippen MR) is 93.9 cm³/mol. The lowest BCUT2D eigenvalue weighted by Crippen LogP contribution is -2.53. The number of piperazine rings is 1. The van der Waals surface area contributed by atoms with Gasteiger partial charge in [0.15, 0.2) is 0 Å². The lowest BCUT2D eigenvalue weighted by atomic mass is 10.1. The zero-order chi connectivity index (χ0) is 17.2. The molecule has 2 aromatic heterocycles. The number of aromatic nitrogens is 4. The molecule has 1 saturated heterocycles. The summed E-state index contributed by atoms with van der Waals surface area (Å²) in [5, 5.41) is 10.5. The molecule has 1 aromatic carbocycles. The Morgan fingerprint density at radius 1 is 1.24 bits per heavy atom. The number of carbonyl (C=O) groups excluding carboxylic acids is 1. The van der Waals surface area contributed by atoms with Crippen LogP contribution in [0.4, 0.5) is 0 Å². The molecule has 1 aliphatic heterocycles. The van der Waals surface area contributed by atoms with Gasteiger partial charge in [-0.3, -0.25) is 9.69 Å². The standard InChI is InChI=1S/C18H20N6O/c1-13-11-23(12-14-5-3-2-4-6-14)7-8-24(13)18(25)15-9-16-17(19-10-15)21-22-20-16/h2-6,9-10,13H,7-8,11-12H2,1H3,(H,19,20,21,22)/t13-/m1/s1. The van der Waals surface area contributed by atoms with E-state index in [4.69, 9.17) is 0 Å². The molecule has 0 unspecified atom stereocenters. The van der Waals surface area contributed by atoms with E-state index in [2.05, 4.69) is 56.5 Å². The molecule has 7 heteroatoms. The van der Waals surface area contributed by atoms with Gasteiger partial charge in [0.1, 0.15) is 5.52 Å². The molecule has 1 amide bonds. The number of H-pyrrole nitrogens is 1. The highest BCUT2D eigenvalue weighted by molar-refractivity contribution is 5.96. The summed E-state index contributed by atoms with van der Waals surface area (Å²) in [5.74, 6) is 0.00395. The van der Waals surface area contributed by atoms with Crippen LogP contribution in [0.25, 0.3) is 11.2 Å². The zero-order valence-electron chi connectivity index (χ0n) is 14.1. The maximum Gasteiger partial charge on any atom is 0.255 e. The van der Waals surface area contributed by atoms with Crippen LogP contribution in [0.2, 0.25) is 0 Å². The molecule has 1 fully saturated rings. The van der Waals surface area contributed by atoms with Crippen molar-refractivity contribution in [1.82, 2.24) is 30.2 Å². The fourth-order valence-corrected chi connectivity index (χ4v) is 3.34. The van der Waals surface area contributed by atoms with Crippen LogP contribution in [-0.4, -0.2) is 61.8 Å². The van der Waals surface area contributed by atoms with Crippen molar-refractivity contribution in [3.8, 4) is 0 Å². The highest BCUT2D eigenvalue weighted by Gasteiger charge is 2.28. The van der Waals surface area contributed by atoms with E-state index in [9.17, 15) is 4.79 Å². The number of pyridine rings is 1. The lowest BCUT2D eigenvalue weighted by molar-refractivity contribution is 0.0475. The Kier molecular flexibility index (Phi) is 4.15. The Hall–Kier alpha value is -2.80. The first-order chi connectivity index (χ1) is 12.2. The molecule has 0 bridgehead atoms. The van der Waals surface area contributed by atoms with Gasteiger partial charge in [-0.15, -0.1) is 5.10 Å². The van der Waals surface area contributed by atoms with Crippen LogP contribution in [0.3, 0.4) is 0 Å². The fraction of sp³-hybridized carbons (Fsp3) is 0.333. The molecule has 3 heterocycles. The number of carbonyl (C=O) groups is 1. The molecule has 0 spiro atoms. The van der Waals surface area contributed by atoms with E-state index in [1.807, 2.05) is 11.0 Å². The number of fused-ring (bicyclic) bond motifs is 1. The Bertz CT molecular complexity index is 877. The Labute approximate surface area is 145 Å². The van der Waals surface area contributed by atoms with Gasteiger partial charge in [0.25, 0.3) is 5.91 Å². The van der Waals surface area contributed by atoms with E-state index < -0.39 is 0 Å². The number of hydrogen-bond acceptors (Lipinski definition) is 5. The van der Waals surface area contributed by atoms with E-state index in [-0.39, 0.29) is 11.9 Å². The van der Waals surface area contributed by atoms with Crippen LogP contribution >= 0.6 is 0 Å². The largest absolute Gasteiger partial charge is 0.333 e. The zero-order valence-corrected chi connectivity index (χ0v) is 14.1. The van der Waals surface area contributed by atoms with Gasteiger partial charge in [-0.05, 0) is 18.6 Å². The van der Waals surface area contributed by atoms with Gasteiger partial charge in [-0.2, -0.15) is 10.3 Å². The fourth-order valence-electron chi connectivity index (χ4n) is 3.34. The first-order valence-electron chi connectivity index (χ1n) is 8.44. The average molecular weight is 336 g/mol. The van der Waals surface area contributed by atoms with Gasteiger partial charge in [-0.1, -0.05) is 30.3 Å². The molecule has 3 aromatic rings. The van der Waals surface area contributed by atoms with Crippen molar-refractivity contribution in [2.45, 2.75) is 19.5 Å². The van der Waals surface area contributed by atoms with Crippen molar-refractivity contribution in [3.05, 3.63) is 53.7 Å². The maximum atomic E-state index is 12.8. The van der Waals surface area contributed by atoms with Gasteiger partial charge in [-0.25, -0.2) is 4.98 Å². The van der Waals surface area contributed by atoms with Gasteiger partial charge in [0.05, 0.1) is 5.56 Å². The highest BCUT2D eigenvalue weighted by atomic mass is 16.2. The van der Waals surface area contributed by atoms with Crippen LogP contribution in [0.1, 0.15) is 22.8 Å². The number of hydrogen-bond donors (Lipinski definition) is 1. The van der Waals surface area contributed by atoms with Gasteiger partial charge >= 0.3 is 0 Å². The summed E-state index contributed by atoms with van der Waals surface area (Å²) in [6.07, 6.45) is 1.58. The van der Waals surface area contributed by atoms with Crippen LogP contribution < -0.4 is 0 Å². The summed E-state index contributed by atoms with van der Waals surface area (Å²) in [7, 11) is 0. The third-order valence-electron chi connectivity index (χ3n) is 4.64. The van der Waals surface area contributed by atoms with E-state index in [1.165, 1.54) is 5.56 Å². The first kappa shape index (κ1) is 15.7. The summed E-state index contributed by atoms with van der Waals surface area (Å²) < 4.78 is 0. The minimum absolute atomic E-state index is 0.00395. The van der Waals surface area contributed by atoms with E-state index in [0.29, 0.717) is 23.3 Å². The number of benzene rings is 1. The second-order valence-corrected chi connectivity index (χ2v) is 6.46. The summed E-state index contributed by atoms with van der Waals surface area (Å²) in [6, 6.07) is 12.3. The molecule has 0 radical (unpaired) electrons. The molecule has 25 heavy (non-hydrogen) atoms. The molecule has 0 aliphatic carbocycles. The second-order valence-electron chi connectivity index (χ2n) is 6.46. The molecule has 1 atom stereocenters. The van der Waals surface area contributed by atoms with E-state index >= 15 is 0 Å². The predicted octanol–water partition coefficient (Wildman–Crippen LogP) is 1.70. The van der Waals surface area contributed by atoms with Crippen molar-refractivity contribution >= 4 is 17.1 Å². The third-order valence-corrected chi connectivity index (χ3v) is 4.64. The molecular formula is C18H20N6O. The molecule has 4 rings (SSSR count). The molecule has 0 saturated carbocycles. The summed E-state index contributed by atoms with van der Waals surface area (Å²) in [6.45, 7) is 5.45. The summed E-state index contributed by atoms with van der Waals surface area (Å²) in [4.78, 5) is 21.4. The Morgan fingerprint density at radius 2 is 2.08 bits per heavy atom. The quantitative estimate of drug-likeness (QED) is 0.788. The minimum Gasteiger partial charge on any atom is -0.333 e. The van der Waals surface area contributed by atoms with Crippen molar-refractivity contribution < 1.29 is 4.79 Å². The van der Waals surface area contributed by atoms with Gasteiger partial charge < -0.3 is 4.90 Å². The Balaban J connectivity index is 1.44. The number of rotatable bonds is 3. The van der Waals surface area contributed by atoms with Gasteiger partial charge in [0, 0.05) is 38.4 Å². The van der Waals surface area contributed by atoms with Crippen LogP contribution in [-0.2, 0) is 6.54 Å². The average Bonchev–Trinajstić information content (AvgIpc) is 3.10. The highest BCUT2D eigenvalue weighted by Crippen LogP contribution is 2.17. The van der Waals surface area contributed by atoms with Crippen molar-refractivity contribution in [3.63, 3.8) is 0 Å². The summed E-state index contributed by atoms with van der Waals surface area (Å²) >= 11 is 0. The molecule has 1 N–H and O–H groups in total. The monoisotopic (exact) mass is 336 g/mol. The van der Waals surface area contributed by atoms with E-state index in [1.54, 1.807) is 12.3 Å². The molecular weight excluding hydrogens is 316 g/mol. The number of nitrogens with one attached hydrogen (secondary N) is 1. The number of amides is 1. The van der Waals surface area contributed by atoms with Crippen molar-refractivity contribution in [2.75, 3.05) is 19.6 Å². The van der Waals surface area contributed by atoms with Crippen LogP contribution in [0.15, 0.2) is 42.6 Å². The number of nitrogens with zero attached hydrogens (tertiary/aromatic N) is 5.